The summed E-state index contributed by atoms with van der Waals surface area (Å²) in [5, 5.41) is 8.89. The summed E-state index contributed by atoms with van der Waals surface area (Å²) in [4.78, 5) is 23.0. The highest BCUT2D eigenvalue weighted by molar-refractivity contribution is 5.84. The number of aromatic nitrogens is 1. The monoisotopic (exact) mass is 399 g/mol. The number of carboxylic acid groups (broad SMARTS) is 1. The molecule has 0 fully saturated rings. The predicted molar refractivity (Wildman–Crippen MR) is 104 cm³/mol. The third kappa shape index (κ3) is 4.98. The molecular weight excluding hydrogens is 378 g/mol. The molecule has 152 valence electrons. The van der Waals surface area contributed by atoms with E-state index in [9.17, 15) is 9.59 Å². The molecule has 3 aromatic rings. The molecule has 3 rings (SSSR count). The third-order valence-corrected chi connectivity index (χ3v) is 4.28. The van der Waals surface area contributed by atoms with Crippen LogP contribution in [0, 0.1) is 6.92 Å². The molecule has 0 atom stereocenters. The van der Waals surface area contributed by atoms with Crippen LogP contribution < -0.4 is 19.6 Å². The van der Waals surface area contributed by atoms with Crippen LogP contribution in [-0.4, -0.2) is 29.4 Å². The molecule has 2 aromatic heterocycles. The van der Waals surface area contributed by atoms with Crippen molar-refractivity contribution in [2.45, 2.75) is 20.1 Å². The van der Waals surface area contributed by atoms with Crippen molar-refractivity contribution in [3.63, 3.8) is 0 Å². The van der Waals surface area contributed by atoms with Crippen molar-refractivity contribution < 1.29 is 28.5 Å². The minimum atomic E-state index is -1.16. The van der Waals surface area contributed by atoms with Gasteiger partial charge in [0, 0.05) is 12.3 Å². The molecule has 29 heavy (non-hydrogen) atoms. The molecule has 0 saturated heterocycles. The Hall–Kier alpha value is -3.68. The average Bonchev–Trinajstić information content (AvgIpc) is 3.19. The minimum Gasteiger partial charge on any atom is -0.497 e. The van der Waals surface area contributed by atoms with E-state index in [1.54, 1.807) is 20.2 Å². The van der Waals surface area contributed by atoms with Crippen molar-refractivity contribution in [1.82, 2.24) is 4.57 Å². The maximum Gasteiger partial charge on any atom is 0.371 e. The number of benzene rings is 1. The summed E-state index contributed by atoms with van der Waals surface area (Å²) < 4.78 is 23.4. The number of hydrogen-bond donors (Lipinski definition) is 1. The van der Waals surface area contributed by atoms with E-state index in [0.717, 1.165) is 5.75 Å². The largest absolute Gasteiger partial charge is 0.497 e. The standard InChI is InChI=1S/C21H21NO7/c1-14-20(28-13-17-7-8-19(29-17)21(24)25)18(23)9-10-22(14)11-12-27-16-5-3-15(26-2)4-6-16/h3-10H,11-13H2,1-2H3,(H,24,25). The van der Waals surface area contributed by atoms with E-state index in [1.807, 2.05) is 28.8 Å². The maximum atomic E-state index is 12.2. The summed E-state index contributed by atoms with van der Waals surface area (Å²) in [5.74, 6) is 0.632. The van der Waals surface area contributed by atoms with Gasteiger partial charge in [-0.05, 0) is 43.3 Å². The number of methoxy groups -OCH3 is 1. The highest BCUT2D eigenvalue weighted by atomic mass is 16.5. The zero-order chi connectivity index (χ0) is 20.8. The molecule has 2 heterocycles. The van der Waals surface area contributed by atoms with Gasteiger partial charge in [-0.3, -0.25) is 4.79 Å². The number of ether oxygens (including phenoxy) is 3. The SMILES string of the molecule is COc1ccc(OCCn2ccc(=O)c(OCc3ccc(C(=O)O)o3)c2C)cc1. The lowest BCUT2D eigenvalue weighted by Crippen LogP contribution is -2.17. The summed E-state index contributed by atoms with van der Waals surface area (Å²) in [6.07, 6.45) is 1.68. The third-order valence-electron chi connectivity index (χ3n) is 4.28. The highest BCUT2D eigenvalue weighted by Gasteiger charge is 2.12. The van der Waals surface area contributed by atoms with E-state index < -0.39 is 5.97 Å². The van der Waals surface area contributed by atoms with Gasteiger partial charge in [-0.2, -0.15) is 0 Å². The Bertz CT molecular complexity index is 1030. The van der Waals surface area contributed by atoms with Crippen LogP contribution in [0.5, 0.6) is 17.2 Å². The van der Waals surface area contributed by atoms with Gasteiger partial charge in [0.05, 0.1) is 19.3 Å². The number of rotatable bonds is 9. The lowest BCUT2D eigenvalue weighted by Gasteiger charge is -2.15. The van der Waals surface area contributed by atoms with Crippen LogP contribution in [0.15, 0.2) is 57.9 Å². The lowest BCUT2D eigenvalue weighted by atomic mass is 10.3. The van der Waals surface area contributed by atoms with Gasteiger partial charge in [-0.1, -0.05) is 0 Å². The second-order valence-electron chi connectivity index (χ2n) is 6.17. The number of carboxylic acids is 1. The van der Waals surface area contributed by atoms with Gasteiger partial charge in [-0.25, -0.2) is 4.79 Å². The zero-order valence-corrected chi connectivity index (χ0v) is 16.1. The molecule has 1 aromatic carbocycles. The van der Waals surface area contributed by atoms with Crippen molar-refractivity contribution in [2.75, 3.05) is 13.7 Å². The molecule has 8 heteroatoms. The summed E-state index contributed by atoms with van der Waals surface area (Å²) in [7, 11) is 1.60. The first kappa shape index (κ1) is 20.1. The second-order valence-corrected chi connectivity index (χ2v) is 6.17. The first-order valence-corrected chi connectivity index (χ1v) is 8.89. The fourth-order valence-electron chi connectivity index (χ4n) is 2.72. The molecule has 0 amide bonds. The molecule has 0 aliphatic carbocycles. The van der Waals surface area contributed by atoms with Crippen LogP contribution >= 0.6 is 0 Å². The van der Waals surface area contributed by atoms with E-state index in [1.165, 1.54) is 18.2 Å². The summed E-state index contributed by atoms with van der Waals surface area (Å²) in [5.41, 5.74) is 0.376. The van der Waals surface area contributed by atoms with Gasteiger partial charge < -0.3 is 28.3 Å². The Morgan fingerprint density at radius 2 is 1.79 bits per heavy atom. The van der Waals surface area contributed by atoms with Gasteiger partial charge in [0.1, 0.15) is 30.5 Å². The first-order valence-electron chi connectivity index (χ1n) is 8.89. The van der Waals surface area contributed by atoms with E-state index in [-0.39, 0.29) is 23.5 Å². The fourth-order valence-corrected chi connectivity index (χ4v) is 2.72. The predicted octanol–water partition coefficient (Wildman–Crippen LogP) is 3.11. The molecule has 8 nitrogen and oxygen atoms in total. The van der Waals surface area contributed by atoms with Crippen molar-refractivity contribution in [3.8, 4) is 17.2 Å². The maximum absolute atomic E-state index is 12.2. The molecular formula is C21H21NO7. The molecule has 1 N–H and O–H groups in total. The first-order chi connectivity index (χ1) is 14.0. The topological polar surface area (TPSA) is 100 Å². The van der Waals surface area contributed by atoms with Crippen molar-refractivity contribution >= 4 is 5.97 Å². The number of nitrogens with zero attached hydrogens (tertiary/aromatic N) is 1. The normalized spacial score (nSPS) is 10.6. The Morgan fingerprint density at radius 3 is 2.45 bits per heavy atom. The fraction of sp³-hybridized carbons (Fsp3) is 0.238. The number of carbonyl (C=O) groups is 1. The van der Waals surface area contributed by atoms with E-state index >= 15 is 0 Å². The van der Waals surface area contributed by atoms with Crippen molar-refractivity contribution in [3.05, 3.63) is 76.1 Å². The van der Waals surface area contributed by atoms with Crippen LogP contribution in [0.25, 0.3) is 0 Å². The average molecular weight is 399 g/mol. The van der Waals surface area contributed by atoms with E-state index in [4.69, 9.17) is 23.7 Å². The number of hydrogen-bond acceptors (Lipinski definition) is 6. The number of aromatic carboxylic acids is 1. The molecule has 0 radical (unpaired) electrons. The summed E-state index contributed by atoms with van der Waals surface area (Å²) >= 11 is 0. The van der Waals surface area contributed by atoms with E-state index in [0.29, 0.717) is 30.4 Å². The van der Waals surface area contributed by atoms with Crippen LogP contribution in [0.3, 0.4) is 0 Å². The Labute approximate surface area is 166 Å². The van der Waals surface area contributed by atoms with Crippen LogP contribution in [0.1, 0.15) is 22.0 Å². The van der Waals surface area contributed by atoms with Gasteiger partial charge in [0.15, 0.2) is 5.75 Å². The molecule has 0 unspecified atom stereocenters. The molecule has 0 aliphatic heterocycles. The van der Waals surface area contributed by atoms with Crippen molar-refractivity contribution in [1.29, 1.82) is 0 Å². The zero-order valence-electron chi connectivity index (χ0n) is 16.1. The van der Waals surface area contributed by atoms with Crippen LogP contribution in [0.2, 0.25) is 0 Å². The van der Waals surface area contributed by atoms with Crippen molar-refractivity contribution in [2.24, 2.45) is 0 Å². The highest BCUT2D eigenvalue weighted by Crippen LogP contribution is 2.18. The smallest absolute Gasteiger partial charge is 0.371 e. The minimum absolute atomic E-state index is 0.0459. The Balaban J connectivity index is 1.62. The molecule has 0 aliphatic rings. The number of furan rings is 1. The Kier molecular flexibility index (Phi) is 6.23. The summed E-state index contributed by atoms with van der Waals surface area (Å²) in [6.45, 7) is 2.64. The lowest BCUT2D eigenvalue weighted by molar-refractivity contribution is 0.0658. The van der Waals surface area contributed by atoms with Gasteiger partial charge in [0.25, 0.3) is 0 Å². The van der Waals surface area contributed by atoms with Gasteiger partial charge in [0.2, 0.25) is 11.2 Å². The number of pyridine rings is 1. The van der Waals surface area contributed by atoms with E-state index in [2.05, 4.69) is 0 Å². The van der Waals surface area contributed by atoms with Crippen LogP contribution in [0.4, 0.5) is 0 Å². The van der Waals surface area contributed by atoms with Gasteiger partial charge in [-0.15, -0.1) is 0 Å². The molecule has 0 spiro atoms. The molecule has 0 bridgehead atoms. The van der Waals surface area contributed by atoms with Crippen LogP contribution in [-0.2, 0) is 13.2 Å². The second kappa shape index (κ2) is 9.01. The summed E-state index contributed by atoms with van der Waals surface area (Å²) in [6, 6.07) is 11.5. The molecule has 0 saturated carbocycles. The quantitative estimate of drug-likeness (QED) is 0.590. The van der Waals surface area contributed by atoms with Gasteiger partial charge >= 0.3 is 5.97 Å². The Morgan fingerprint density at radius 1 is 1.07 bits per heavy atom.